The summed E-state index contributed by atoms with van der Waals surface area (Å²) in [5.74, 6) is 0.606. The lowest BCUT2D eigenvalue weighted by Crippen LogP contribution is -2.31. The molecule has 0 aliphatic carbocycles. The van der Waals surface area contributed by atoms with Crippen LogP contribution in [0.2, 0.25) is 5.02 Å². The van der Waals surface area contributed by atoms with E-state index in [1.807, 2.05) is 30.2 Å². The van der Waals surface area contributed by atoms with E-state index in [0.29, 0.717) is 50.5 Å². The Morgan fingerprint density at radius 2 is 1.94 bits per heavy atom. The first-order valence-electron chi connectivity index (χ1n) is 9.44. The van der Waals surface area contributed by atoms with Gasteiger partial charge in [0.1, 0.15) is 5.82 Å². The zero-order chi connectivity index (χ0) is 21.9. The number of anilines is 3. The Balaban J connectivity index is 1.85. The van der Waals surface area contributed by atoms with Crippen LogP contribution in [0.25, 0.3) is 22.9 Å². The molecule has 0 radical (unpaired) electrons. The average Bonchev–Trinajstić information content (AvgIpc) is 2.91. The highest BCUT2D eigenvalue weighted by molar-refractivity contribution is 7.89. The first-order valence-corrected chi connectivity index (χ1v) is 11.7. The summed E-state index contributed by atoms with van der Waals surface area (Å²) < 4.78 is 26.3. The van der Waals surface area contributed by atoms with Gasteiger partial charge in [0, 0.05) is 41.9 Å². The second-order valence-electron chi connectivity index (χ2n) is 7.47. The molecule has 4 heterocycles. The lowest BCUT2D eigenvalue weighted by atomic mass is 10.0. The van der Waals surface area contributed by atoms with Crippen molar-refractivity contribution in [2.24, 2.45) is 0 Å². The van der Waals surface area contributed by atoms with E-state index in [9.17, 15) is 13.2 Å². The Labute approximate surface area is 183 Å². The summed E-state index contributed by atoms with van der Waals surface area (Å²) >= 11 is 6.05. The molecule has 4 aliphatic rings. The van der Waals surface area contributed by atoms with Crippen LogP contribution in [0.3, 0.4) is 0 Å². The highest BCUT2D eigenvalue weighted by atomic mass is 35.5. The summed E-state index contributed by atoms with van der Waals surface area (Å²) in [6, 6.07) is 7.38. The van der Waals surface area contributed by atoms with Gasteiger partial charge in [-0.05, 0) is 36.4 Å². The molecule has 0 amide bonds. The van der Waals surface area contributed by atoms with Gasteiger partial charge in [-0.15, -0.1) is 0 Å². The molecule has 0 saturated heterocycles. The predicted octanol–water partition coefficient (Wildman–Crippen LogP) is 1.08. The van der Waals surface area contributed by atoms with E-state index in [1.54, 1.807) is 35.5 Å². The van der Waals surface area contributed by atoms with Crippen molar-refractivity contribution in [3.8, 4) is 11.1 Å². The van der Waals surface area contributed by atoms with E-state index in [-0.39, 0.29) is 5.56 Å². The largest absolute Gasteiger partial charge is 0.350 e. The van der Waals surface area contributed by atoms with Crippen molar-refractivity contribution in [2.75, 3.05) is 29.6 Å². The minimum Gasteiger partial charge on any atom is -0.350 e. The van der Waals surface area contributed by atoms with Crippen LogP contribution in [-0.2, 0) is 10.0 Å². The molecule has 8 nitrogen and oxygen atoms in total. The average molecular weight is 456 g/mol. The fourth-order valence-electron chi connectivity index (χ4n) is 4.02. The molecule has 1 aromatic carbocycles. The van der Waals surface area contributed by atoms with Crippen LogP contribution in [0.15, 0.2) is 47.5 Å². The maximum absolute atomic E-state index is 13.0. The summed E-state index contributed by atoms with van der Waals surface area (Å²) in [5, 5.41) is 1.85. The van der Waals surface area contributed by atoms with E-state index in [0.717, 1.165) is 11.9 Å². The third-order valence-electron chi connectivity index (χ3n) is 5.30. The number of aromatic nitrogens is 2. The van der Waals surface area contributed by atoms with Gasteiger partial charge in [0.15, 0.2) is 0 Å². The number of benzene rings is 1. The van der Waals surface area contributed by atoms with Gasteiger partial charge in [0.25, 0.3) is 5.56 Å². The molecule has 1 aromatic rings. The number of hydrogen-bond acceptors (Lipinski definition) is 6. The normalized spacial score (nSPS) is 15.1. The van der Waals surface area contributed by atoms with Crippen molar-refractivity contribution in [3.05, 3.63) is 68.7 Å². The van der Waals surface area contributed by atoms with E-state index < -0.39 is 10.0 Å². The predicted molar refractivity (Wildman–Crippen MR) is 123 cm³/mol. The van der Waals surface area contributed by atoms with Gasteiger partial charge in [0.05, 0.1) is 34.1 Å². The van der Waals surface area contributed by atoms with E-state index in [4.69, 9.17) is 16.6 Å². The van der Waals surface area contributed by atoms with Crippen molar-refractivity contribution in [1.29, 1.82) is 0 Å². The second-order valence-corrected chi connectivity index (χ2v) is 9.65. The lowest BCUT2D eigenvalue weighted by molar-refractivity contribution is 0.597. The molecule has 0 bridgehead atoms. The smallest absolute Gasteiger partial charge is 0.258 e. The van der Waals surface area contributed by atoms with Gasteiger partial charge in [0.2, 0.25) is 10.0 Å². The Hall–Kier alpha value is -3.30. The van der Waals surface area contributed by atoms with Crippen molar-refractivity contribution in [2.45, 2.75) is 0 Å². The number of nitrogens with one attached hydrogen (secondary N) is 2. The van der Waals surface area contributed by atoms with Gasteiger partial charge in [-0.3, -0.25) is 9.52 Å². The van der Waals surface area contributed by atoms with Crippen molar-refractivity contribution >= 4 is 50.6 Å². The van der Waals surface area contributed by atoms with Gasteiger partial charge in [-0.1, -0.05) is 11.6 Å². The molecule has 158 valence electrons. The van der Waals surface area contributed by atoms with Crippen molar-refractivity contribution < 1.29 is 8.42 Å². The number of nitrogens with zero attached hydrogens (tertiary/aromatic N) is 3. The van der Waals surface area contributed by atoms with Crippen LogP contribution in [0.5, 0.6) is 0 Å². The lowest BCUT2D eigenvalue weighted by Gasteiger charge is -2.26. The standard InChI is InChI=1S/C21H18ClN5O3S/c1-26-9-7-15(25-31(2,29)30)14-11-23-20-17-16(24-21(28)18(17)19(14)26)8-10-27(20)13-5-3-12(22)4-6-13/h3-9,11,25H,10H2,1-2H3,(H,24,28). The molecule has 0 fully saturated rings. The van der Waals surface area contributed by atoms with Crippen LogP contribution in [-0.4, -0.2) is 38.2 Å². The molecule has 5 rings (SSSR count). The van der Waals surface area contributed by atoms with Crippen molar-refractivity contribution in [1.82, 2.24) is 14.7 Å². The van der Waals surface area contributed by atoms with Gasteiger partial charge >= 0.3 is 0 Å². The first-order chi connectivity index (χ1) is 14.7. The molecule has 0 spiro atoms. The molecule has 0 atom stereocenters. The molecular weight excluding hydrogens is 438 g/mol. The molecule has 31 heavy (non-hydrogen) atoms. The van der Waals surface area contributed by atoms with E-state index >= 15 is 0 Å². The second kappa shape index (κ2) is 6.86. The molecule has 10 heteroatoms. The Bertz CT molecular complexity index is 1510. The summed E-state index contributed by atoms with van der Waals surface area (Å²) in [7, 11) is -1.72. The molecule has 2 N–H and O–H groups in total. The third kappa shape index (κ3) is 3.26. The quantitative estimate of drug-likeness (QED) is 0.613. The Morgan fingerprint density at radius 1 is 1.19 bits per heavy atom. The summed E-state index contributed by atoms with van der Waals surface area (Å²) in [6.45, 7) is 0.512. The maximum atomic E-state index is 13.0. The summed E-state index contributed by atoms with van der Waals surface area (Å²) in [4.78, 5) is 24.5. The van der Waals surface area contributed by atoms with Gasteiger partial charge in [-0.2, -0.15) is 0 Å². The molecule has 0 unspecified atom stereocenters. The number of rotatable bonds is 3. The number of H-pyrrole nitrogens is 1. The van der Waals surface area contributed by atoms with E-state index in [1.165, 1.54) is 0 Å². The van der Waals surface area contributed by atoms with E-state index in [2.05, 4.69) is 9.71 Å². The number of sulfonamides is 1. The van der Waals surface area contributed by atoms with Crippen LogP contribution in [0.4, 0.5) is 17.2 Å². The zero-order valence-electron chi connectivity index (χ0n) is 16.7. The topological polar surface area (TPSA) is 98.4 Å². The molecule has 4 aliphatic heterocycles. The van der Waals surface area contributed by atoms with Gasteiger partial charge in [-0.25, -0.2) is 13.4 Å². The number of halogens is 1. The fraction of sp³-hybridized carbons (Fsp3) is 0.143. The van der Waals surface area contributed by atoms with Crippen LogP contribution >= 0.6 is 11.6 Å². The minimum absolute atomic E-state index is 0.254. The van der Waals surface area contributed by atoms with Gasteiger partial charge < -0.3 is 14.8 Å². The third-order valence-corrected chi connectivity index (χ3v) is 6.14. The maximum Gasteiger partial charge on any atom is 0.258 e. The Morgan fingerprint density at radius 3 is 2.65 bits per heavy atom. The monoisotopic (exact) mass is 455 g/mol. The highest BCUT2D eigenvalue weighted by Crippen LogP contribution is 2.36. The van der Waals surface area contributed by atoms with Crippen LogP contribution in [0.1, 0.15) is 0 Å². The Kier molecular flexibility index (Phi) is 4.35. The van der Waals surface area contributed by atoms with Crippen molar-refractivity contribution in [3.63, 3.8) is 0 Å². The fourth-order valence-corrected chi connectivity index (χ4v) is 4.72. The first kappa shape index (κ1) is 19.7. The molecule has 0 aromatic heterocycles. The SMILES string of the molecule is CN1C=CC(NS(C)(=O)=O)=c2cnc3c4c([nH]c(=O)c-4c21)=CCN3c1ccc(Cl)cc1. The molecular formula is C21H18ClN5O3S. The summed E-state index contributed by atoms with van der Waals surface area (Å²) in [5.41, 5.74) is 2.70. The zero-order valence-corrected chi connectivity index (χ0v) is 18.3. The minimum atomic E-state index is -3.53. The van der Waals surface area contributed by atoms with Crippen LogP contribution in [0, 0.1) is 0 Å². The number of aromatic amines is 1. The number of hydrogen-bond donors (Lipinski definition) is 2. The van der Waals surface area contributed by atoms with Crippen LogP contribution < -0.4 is 30.6 Å². The highest BCUT2D eigenvalue weighted by Gasteiger charge is 2.29. The number of fused-ring (bicyclic) bond motifs is 2. The molecule has 0 saturated carbocycles. The summed E-state index contributed by atoms with van der Waals surface area (Å²) in [6.07, 6.45) is 8.00.